The van der Waals surface area contributed by atoms with Gasteiger partial charge in [0.05, 0.1) is 16.6 Å². The second kappa shape index (κ2) is 5.48. The third-order valence-electron chi connectivity index (χ3n) is 3.38. The molecule has 1 aliphatic carbocycles. The van der Waals surface area contributed by atoms with Crippen LogP contribution in [0.3, 0.4) is 0 Å². The van der Waals surface area contributed by atoms with E-state index in [9.17, 15) is 9.59 Å². The molecule has 0 bridgehead atoms. The predicted molar refractivity (Wildman–Crippen MR) is 72.1 cm³/mol. The molecule has 0 spiro atoms. The first-order chi connectivity index (χ1) is 8.97. The number of carboxylic acid groups (broad SMARTS) is 1. The maximum absolute atomic E-state index is 12.0. The molecule has 19 heavy (non-hydrogen) atoms. The third-order valence-corrected chi connectivity index (χ3v) is 3.72. The fourth-order valence-corrected chi connectivity index (χ4v) is 2.41. The zero-order chi connectivity index (χ0) is 14.0. The van der Waals surface area contributed by atoms with Crippen LogP contribution in [0, 0.1) is 5.92 Å². The lowest BCUT2D eigenvalue weighted by atomic mass is 10.1. The lowest BCUT2D eigenvalue weighted by Gasteiger charge is -2.13. The number of hydrogen-bond donors (Lipinski definition) is 3. The van der Waals surface area contributed by atoms with Gasteiger partial charge in [-0.25, -0.2) is 0 Å². The molecular formula is C13H15ClN2O3. The summed E-state index contributed by atoms with van der Waals surface area (Å²) in [5.41, 5.74) is 6.42. The quantitative estimate of drug-likeness (QED) is 0.738. The lowest BCUT2D eigenvalue weighted by molar-refractivity contribution is -0.141. The molecule has 0 radical (unpaired) electrons. The average Bonchev–Trinajstić information content (AvgIpc) is 2.81. The molecule has 2 atom stereocenters. The standard InChI is InChI=1S/C13H15ClN2O3/c14-10-4-2-7(6-11(10)15)12(17)16-9-3-1-8(5-9)13(18)19/h2,4,6,8-9H,1,3,5,15H2,(H,16,17)(H,18,19)/t8-,9+/m1/s1. The van der Waals surface area contributed by atoms with Crippen molar-refractivity contribution in [2.75, 3.05) is 5.73 Å². The van der Waals surface area contributed by atoms with E-state index in [1.54, 1.807) is 12.1 Å². The Bertz CT molecular complexity index is 519. The highest BCUT2D eigenvalue weighted by molar-refractivity contribution is 6.33. The monoisotopic (exact) mass is 282 g/mol. The van der Waals surface area contributed by atoms with Crippen LogP contribution in [-0.4, -0.2) is 23.0 Å². The van der Waals surface area contributed by atoms with E-state index < -0.39 is 5.97 Å². The van der Waals surface area contributed by atoms with Crippen molar-refractivity contribution < 1.29 is 14.7 Å². The van der Waals surface area contributed by atoms with Crippen LogP contribution in [0.4, 0.5) is 5.69 Å². The molecule has 1 amide bonds. The van der Waals surface area contributed by atoms with Gasteiger partial charge in [-0.15, -0.1) is 0 Å². The number of nitrogens with one attached hydrogen (secondary N) is 1. The second-order valence-corrected chi connectivity index (χ2v) is 5.16. The van der Waals surface area contributed by atoms with Crippen LogP contribution in [0.5, 0.6) is 0 Å². The van der Waals surface area contributed by atoms with Crippen molar-refractivity contribution in [1.82, 2.24) is 5.32 Å². The number of nitrogens with two attached hydrogens (primary N) is 1. The van der Waals surface area contributed by atoms with E-state index in [2.05, 4.69) is 5.32 Å². The zero-order valence-electron chi connectivity index (χ0n) is 10.2. The highest BCUT2D eigenvalue weighted by Crippen LogP contribution is 2.26. The summed E-state index contributed by atoms with van der Waals surface area (Å²) in [6, 6.07) is 4.59. The van der Waals surface area contributed by atoms with Gasteiger partial charge >= 0.3 is 5.97 Å². The van der Waals surface area contributed by atoms with Gasteiger partial charge in [0.15, 0.2) is 0 Å². The van der Waals surface area contributed by atoms with Gasteiger partial charge in [0.1, 0.15) is 0 Å². The summed E-state index contributed by atoms with van der Waals surface area (Å²) in [4.78, 5) is 22.8. The Kier molecular flexibility index (Phi) is 3.95. The number of carbonyl (C=O) groups is 2. The molecule has 1 fully saturated rings. The Hall–Kier alpha value is -1.75. The van der Waals surface area contributed by atoms with Gasteiger partial charge < -0.3 is 16.2 Å². The normalized spacial score (nSPS) is 22.2. The number of benzene rings is 1. The Balaban J connectivity index is 1.98. The summed E-state index contributed by atoms with van der Waals surface area (Å²) in [7, 11) is 0. The number of amides is 1. The van der Waals surface area contributed by atoms with Crippen LogP contribution in [0.2, 0.25) is 5.02 Å². The van der Waals surface area contributed by atoms with Gasteiger partial charge in [-0.1, -0.05) is 11.6 Å². The summed E-state index contributed by atoms with van der Waals surface area (Å²) in [5, 5.41) is 12.1. The molecule has 1 aromatic carbocycles. The number of hydrogen-bond acceptors (Lipinski definition) is 3. The molecule has 1 aliphatic rings. The van der Waals surface area contributed by atoms with Crippen molar-refractivity contribution in [3.8, 4) is 0 Å². The molecule has 0 aliphatic heterocycles. The predicted octanol–water partition coefficient (Wildman–Crippen LogP) is 1.91. The number of rotatable bonds is 3. The average molecular weight is 283 g/mol. The number of anilines is 1. The molecule has 4 N–H and O–H groups in total. The van der Waals surface area contributed by atoms with Crippen LogP contribution >= 0.6 is 11.6 Å². The van der Waals surface area contributed by atoms with E-state index in [0.29, 0.717) is 35.5 Å². The van der Waals surface area contributed by atoms with Gasteiger partial charge in [-0.05, 0) is 37.5 Å². The first kappa shape index (κ1) is 13.7. The minimum atomic E-state index is -0.799. The Morgan fingerprint density at radius 2 is 2.11 bits per heavy atom. The van der Waals surface area contributed by atoms with Crippen molar-refractivity contribution in [3.05, 3.63) is 28.8 Å². The first-order valence-corrected chi connectivity index (χ1v) is 6.44. The number of carbonyl (C=O) groups excluding carboxylic acids is 1. The number of carboxylic acids is 1. The van der Waals surface area contributed by atoms with Gasteiger partial charge in [0, 0.05) is 11.6 Å². The topological polar surface area (TPSA) is 92.4 Å². The molecule has 1 aromatic rings. The number of halogens is 1. The van der Waals surface area contributed by atoms with Crippen LogP contribution in [0.25, 0.3) is 0 Å². The summed E-state index contributed by atoms with van der Waals surface area (Å²) < 4.78 is 0. The number of nitrogen functional groups attached to an aromatic ring is 1. The van der Waals surface area contributed by atoms with E-state index in [4.69, 9.17) is 22.4 Å². The summed E-state index contributed by atoms with van der Waals surface area (Å²) in [5.74, 6) is -1.41. The molecule has 2 rings (SSSR count). The fourth-order valence-electron chi connectivity index (χ4n) is 2.29. The lowest BCUT2D eigenvalue weighted by Crippen LogP contribution is -2.33. The van der Waals surface area contributed by atoms with E-state index in [-0.39, 0.29) is 17.9 Å². The van der Waals surface area contributed by atoms with Gasteiger partial charge in [-0.3, -0.25) is 9.59 Å². The Morgan fingerprint density at radius 3 is 2.68 bits per heavy atom. The summed E-state index contributed by atoms with van der Waals surface area (Å²) >= 11 is 5.79. The zero-order valence-corrected chi connectivity index (χ0v) is 11.0. The molecule has 102 valence electrons. The van der Waals surface area contributed by atoms with E-state index in [1.165, 1.54) is 6.07 Å². The number of aliphatic carboxylic acids is 1. The van der Waals surface area contributed by atoms with Crippen LogP contribution in [0.15, 0.2) is 18.2 Å². The highest BCUT2D eigenvalue weighted by atomic mass is 35.5. The van der Waals surface area contributed by atoms with Crippen molar-refractivity contribution in [2.45, 2.75) is 25.3 Å². The Morgan fingerprint density at radius 1 is 1.37 bits per heavy atom. The van der Waals surface area contributed by atoms with Crippen LogP contribution < -0.4 is 11.1 Å². The largest absolute Gasteiger partial charge is 0.481 e. The van der Waals surface area contributed by atoms with E-state index in [0.717, 1.165) is 0 Å². The molecule has 1 saturated carbocycles. The highest BCUT2D eigenvalue weighted by Gasteiger charge is 2.30. The summed E-state index contributed by atoms with van der Waals surface area (Å²) in [6.45, 7) is 0. The van der Waals surface area contributed by atoms with Crippen molar-refractivity contribution in [2.24, 2.45) is 5.92 Å². The minimum Gasteiger partial charge on any atom is -0.481 e. The molecule has 0 saturated heterocycles. The van der Waals surface area contributed by atoms with Crippen molar-refractivity contribution in [3.63, 3.8) is 0 Å². The second-order valence-electron chi connectivity index (χ2n) is 4.75. The van der Waals surface area contributed by atoms with E-state index in [1.807, 2.05) is 0 Å². The minimum absolute atomic E-state index is 0.0921. The van der Waals surface area contributed by atoms with E-state index >= 15 is 0 Å². The first-order valence-electron chi connectivity index (χ1n) is 6.06. The van der Waals surface area contributed by atoms with Gasteiger partial charge in [0.2, 0.25) is 0 Å². The Labute approximate surface area is 115 Å². The summed E-state index contributed by atoms with van der Waals surface area (Å²) in [6.07, 6.45) is 1.76. The SMILES string of the molecule is Nc1cc(C(=O)N[C@H]2CC[C@@H](C(=O)O)C2)ccc1Cl. The maximum Gasteiger partial charge on any atom is 0.306 e. The maximum atomic E-state index is 12.0. The van der Waals surface area contributed by atoms with Crippen LogP contribution in [0.1, 0.15) is 29.6 Å². The molecule has 6 heteroatoms. The smallest absolute Gasteiger partial charge is 0.306 e. The molecule has 0 heterocycles. The van der Waals surface area contributed by atoms with Crippen molar-refractivity contribution in [1.29, 1.82) is 0 Å². The molecular weight excluding hydrogens is 268 g/mol. The third kappa shape index (κ3) is 3.17. The van der Waals surface area contributed by atoms with Gasteiger partial charge in [-0.2, -0.15) is 0 Å². The van der Waals surface area contributed by atoms with Crippen LogP contribution in [-0.2, 0) is 4.79 Å². The van der Waals surface area contributed by atoms with Gasteiger partial charge in [0.25, 0.3) is 5.91 Å². The fraction of sp³-hybridized carbons (Fsp3) is 0.385. The molecule has 0 unspecified atom stereocenters. The van der Waals surface area contributed by atoms with Crippen molar-refractivity contribution >= 4 is 29.2 Å². The molecule has 0 aromatic heterocycles. The molecule has 5 nitrogen and oxygen atoms in total.